The maximum absolute atomic E-state index is 15.1. The second kappa shape index (κ2) is 25.2. The highest BCUT2D eigenvalue weighted by Crippen LogP contribution is 2.41. The molecule has 0 aliphatic carbocycles. The summed E-state index contributed by atoms with van der Waals surface area (Å²) in [5.41, 5.74) is 11.8. The van der Waals surface area contributed by atoms with Gasteiger partial charge < -0.3 is 52.1 Å². The predicted octanol–water partition coefficient (Wildman–Crippen LogP) is 0.899. The maximum atomic E-state index is 15.1. The molecule has 1 aliphatic rings. The summed E-state index contributed by atoms with van der Waals surface area (Å²) in [4.78, 5) is 131. The van der Waals surface area contributed by atoms with Crippen LogP contribution in [-0.2, 0) is 59.3 Å². The molecule has 1 aromatic heterocycles. The Morgan fingerprint density at radius 3 is 2.11 bits per heavy atom. The molecule has 0 unspecified atom stereocenters. The van der Waals surface area contributed by atoms with Crippen LogP contribution >= 0.6 is 0 Å². The molecule has 1 saturated heterocycles. The fourth-order valence-electron chi connectivity index (χ4n) is 7.63. The number of aliphatic hydroxyl groups excluding tert-OH is 1. The number of carbonyl (C=O) groups excluding carboxylic acids is 10. The van der Waals surface area contributed by atoms with E-state index in [4.69, 9.17) is 16.3 Å². The summed E-state index contributed by atoms with van der Waals surface area (Å²) in [5, 5.41) is 20.0. The summed E-state index contributed by atoms with van der Waals surface area (Å²) < 4.78 is 31.4. The number of nitrogens with two attached hydrogens (primary N) is 2. The Bertz CT molecular complexity index is 2430. The monoisotopic (exact) mass is 979 g/mol. The molecule has 0 spiro atoms. The van der Waals surface area contributed by atoms with E-state index in [-0.39, 0.29) is 63.7 Å². The third-order valence-electron chi connectivity index (χ3n) is 11.0. The number of carbonyl (C=O) groups is 10. The van der Waals surface area contributed by atoms with Crippen molar-refractivity contribution < 1.29 is 66.7 Å². The smallest absolute Gasteiger partial charge is 0.333 e. The van der Waals surface area contributed by atoms with Crippen molar-refractivity contribution in [3.8, 4) is 11.1 Å². The average molecular weight is 980 g/mol. The van der Waals surface area contributed by atoms with Crippen molar-refractivity contribution in [3.63, 3.8) is 0 Å². The summed E-state index contributed by atoms with van der Waals surface area (Å²) in [7, 11) is 0. The Morgan fingerprint density at radius 1 is 0.829 bits per heavy atom. The molecule has 70 heavy (non-hydrogen) atoms. The van der Waals surface area contributed by atoms with Crippen LogP contribution in [0.15, 0.2) is 60.8 Å². The van der Waals surface area contributed by atoms with Gasteiger partial charge in [-0.05, 0) is 55.0 Å². The molecular formula is C47H59F2N9O12. The molecule has 2 aromatic carbocycles. The quantitative estimate of drug-likeness (QED) is 0.0460. The Kier molecular flexibility index (Phi) is 19.8. The predicted molar refractivity (Wildman–Crippen MR) is 244 cm³/mol. The number of hydrogen-bond acceptors (Lipinski definition) is 12. The van der Waals surface area contributed by atoms with Gasteiger partial charge in [0.2, 0.25) is 41.4 Å². The van der Waals surface area contributed by atoms with Crippen LogP contribution in [0.25, 0.3) is 11.1 Å². The normalized spacial score (nSPS) is 14.2. The zero-order chi connectivity index (χ0) is 51.9. The number of halogens is 2. The van der Waals surface area contributed by atoms with Gasteiger partial charge in [-0.25, -0.2) is 13.6 Å². The first-order valence-corrected chi connectivity index (χ1v) is 22.4. The molecular weight excluding hydrogens is 921 g/mol. The van der Waals surface area contributed by atoms with E-state index in [1.54, 1.807) is 12.3 Å². The Hall–Kier alpha value is -7.56. The van der Waals surface area contributed by atoms with Crippen LogP contribution in [0.1, 0.15) is 96.4 Å². The van der Waals surface area contributed by atoms with Gasteiger partial charge >= 0.3 is 5.97 Å². The van der Waals surface area contributed by atoms with Crippen molar-refractivity contribution in [1.29, 1.82) is 0 Å². The van der Waals surface area contributed by atoms with E-state index in [1.165, 1.54) is 11.8 Å². The molecule has 4 rings (SSSR count). The van der Waals surface area contributed by atoms with E-state index in [2.05, 4.69) is 21.3 Å². The number of aliphatic hydroxyl groups is 1. The number of rotatable bonds is 25. The van der Waals surface area contributed by atoms with Gasteiger partial charge in [0.05, 0.1) is 18.9 Å². The van der Waals surface area contributed by atoms with Crippen LogP contribution in [0.3, 0.4) is 0 Å². The third-order valence-corrected chi connectivity index (χ3v) is 11.0. The minimum Gasteiger partial charge on any atom is -0.387 e. The standard InChI is InChI=1S/C47H59F2N9O12/c1-27(53-37(61)12-8-13-42(66)70-58-39(63)16-17-40(58)64)45(68)55-33(44(51)67)23-38(62)54-34(22-36(50)60)46(69)52-18-9-19-57(41(65)26-59)43(47(2,3)4)35-20-29(31-21-30(48)14-15-32(31)49)25-56(35)24-28-10-6-5-7-11-28/h5-7,10-11,14-15,20-21,25,27,33-34,43,59H,8-9,12-13,16-19,22-24,26H2,1-4H3,(H2,50,60)(H2,51,67)(H,52,69)(H,53,61)(H,54,62)(H,55,68)/t27-,33-,34-,43-/m0/s1. The van der Waals surface area contributed by atoms with Gasteiger partial charge in [-0.2, -0.15) is 0 Å². The van der Waals surface area contributed by atoms with Crippen molar-refractivity contribution in [2.75, 3.05) is 19.7 Å². The molecule has 1 aliphatic heterocycles. The van der Waals surface area contributed by atoms with Gasteiger partial charge in [-0.3, -0.25) is 43.2 Å². The summed E-state index contributed by atoms with van der Waals surface area (Å²) in [6.45, 7) is 6.08. The number of aromatic nitrogens is 1. The highest BCUT2D eigenvalue weighted by Gasteiger charge is 2.38. The van der Waals surface area contributed by atoms with Crippen molar-refractivity contribution in [2.45, 2.75) is 110 Å². The fourth-order valence-corrected chi connectivity index (χ4v) is 7.63. The molecule has 0 radical (unpaired) electrons. The number of hydroxylamine groups is 2. The minimum atomic E-state index is -1.65. The molecule has 9 N–H and O–H groups in total. The summed E-state index contributed by atoms with van der Waals surface area (Å²) in [6.07, 6.45) is -0.616. The first-order valence-electron chi connectivity index (χ1n) is 22.4. The van der Waals surface area contributed by atoms with Gasteiger partial charge in [-0.1, -0.05) is 51.1 Å². The molecule has 0 bridgehead atoms. The number of hydrogen-bond donors (Lipinski definition) is 7. The lowest BCUT2D eigenvalue weighted by Gasteiger charge is -2.41. The lowest BCUT2D eigenvalue weighted by atomic mass is 9.83. The maximum Gasteiger partial charge on any atom is 0.333 e. The summed E-state index contributed by atoms with van der Waals surface area (Å²) in [5.74, 6) is -9.89. The second-order valence-electron chi connectivity index (χ2n) is 17.7. The van der Waals surface area contributed by atoms with Crippen LogP contribution in [0.2, 0.25) is 0 Å². The van der Waals surface area contributed by atoms with Crippen molar-refractivity contribution in [2.24, 2.45) is 16.9 Å². The number of primary amides is 2. The third kappa shape index (κ3) is 16.0. The number of nitrogens with one attached hydrogen (secondary N) is 4. The molecule has 4 atom stereocenters. The van der Waals surface area contributed by atoms with Crippen LogP contribution in [0.4, 0.5) is 8.78 Å². The van der Waals surface area contributed by atoms with Crippen molar-refractivity contribution in [1.82, 2.24) is 35.8 Å². The number of benzene rings is 2. The molecule has 9 amide bonds. The zero-order valence-corrected chi connectivity index (χ0v) is 39.3. The molecule has 21 nitrogen and oxygen atoms in total. The average Bonchev–Trinajstić information content (AvgIpc) is 3.84. The van der Waals surface area contributed by atoms with Gasteiger partial charge in [0, 0.05) is 68.3 Å². The van der Waals surface area contributed by atoms with E-state index in [9.17, 15) is 57.4 Å². The van der Waals surface area contributed by atoms with E-state index in [0.717, 1.165) is 23.8 Å². The van der Waals surface area contributed by atoms with Crippen LogP contribution in [0.5, 0.6) is 0 Å². The minimum absolute atomic E-state index is 0.000841. The zero-order valence-electron chi connectivity index (χ0n) is 39.3. The van der Waals surface area contributed by atoms with E-state index in [1.807, 2.05) is 55.7 Å². The lowest BCUT2D eigenvalue weighted by Crippen LogP contribution is -2.54. The van der Waals surface area contributed by atoms with Crippen LogP contribution < -0.4 is 32.7 Å². The Morgan fingerprint density at radius 2 is 1.50 bits per heavy atom. The molecule has 3 aromatic rings. The molecule has 2 heterocycles. The summed E-state index contributed by atoms with van der Waals surface area (Å²) >= 11 is 0. The van der Waals surface area contributed by atoms with Crippen molar-refractivity contribution in [3.05, 3.63) is 83.7 Å². The van der Waals surface area contributed by atoms with Gasteiger partial charge in [0.25, 0.3) is 11.8 Å². The first-order chi connectivity index (χ1) is 33.0. The number of amides is 9. The fraction of sp³-hybridized carbons (Fsp3) is 0.447. The molecule has 1 fully saturated rings. The second-order valence-corrected chi connectivity index (χ2v) is 17.7. The molecule has 0 saturated carbocycles. The van der Waals surface area contributed by atoms with Gasteiger partial charge in [0.1, 0.15) is 36.4 Å². The number of nitrogens with zero attached hydrogens (tertiary/aromatic N) is 3. The van der Waals surface area contributed by atoms with Gasteiger partial charge in [0.15, 0.2) is 0 Å². The largest absolute Gasteiger partial charge is 0.387 e. The highest BCUT2D eigenvalue weighted by atomic mass is 19.1. The van der Waals surface area contributed by atoms with E-state index < -0.39 is 120 Å². The topological polar surface area (TPSA) is 312 Å². The van der Waals surface area contributed by atoms with Crippen LogP contribution in [0, 0.1) is 17.0 Å². The van der Waals surface area contributed by atoms with Crippen LogP contribution in [-0.4, -0.2) is 117 Å². The van der Waals surface area contributed by atoms with E-state index in [0.29, 0.717) is 16.3 Å². The highest BCUT2D eigenvalue weighted by molar-refractivity contribution is 6.01. The Labute approximate surface area is 401 Å². The van der Waals surface area contributed by atoms with Gasteiger partial charge in [-0.15, -0.1) is 5.06 Å². The SMILES string of the molecule is C[C@H](NC(=O)CCCC(=O)ON1C(=O)CCC1=O)C(=O)N[C@@H](CC(=O)N[C@@H](CC(N)=O)C(=O)NCCCN(C(=O)CO)[C@@H](c1cc(-c2cc(F)ccc2F)cn1Cc1ccccc1)C(C)(C)C)C(N)=O. The Balaban J connectivity index is 1.38. The molecule has 378 valence electrons. The van der Waals surface area contributed by atoms with E-state index >= 15 is 4.39 Å². The molecule has 23 heteroatoms. The first kappa shape index (κ1) is 55.0. The number of imide groups is 1. The van der Waals surface area contributed by atoms with Crippen molar-refractivity contribution >= 4 is 59.1 Å². The summed E-state index contributed by atoms with van der Waals surface area (Å²) in [6, 6.07) is 8.79. The lowest BCUT2D eigenvalue weighted by molar-refractivity contribution is -0.197.